The van der Waals surface area contributed by atoms with Gasteiger partial charge in [-0.1, -0.05) is 24.3 Å². The van der Waals surface area contributed by atoms with E-state index < -0.39 is 11.9 Å². The zero-order valence-electron chi connectivity index (χ0n) is 15.4. The first-order chi connectivity index (χ1) is 14.0. The molecule has 3 aromatic rings. The largest absolute Gasteiger partial charge is 0.495 e. The van der Waals surface area contributed by atoms with Crippen LogP contribution >= 0.6 is 0 Å². The minimum Gasteiger partial charge on any atom is -0.495 e. The minimum atomic E-state index is -1.04. The van der Waals surface area contributed by atoms with Crippen molar-refractivity contribution in [3.8, 4) is 23.1 Å². The Labute approximate surface area is 166 Å². The number of nitrogens with one attached hydrogen (secondary N) is 1. The van der Waals surface area contributed by atoms with Crippen molar-refractivity contribution in [2.24, 2.45) is 0 Å². The molecular weight excluding hydrogens is 372 g/mol. The summed E-state index contributed by atoms with van der Waals surface area (Å²) in [5, 5.41) is 21.1. The van der Waals surface area contributed by atoms with Crippen molar-refractivity contribution in [3.05, 3.63) is 77.6 Å². The first-order valence-electron chi connectivity index (χ1n) is 8.51. The van der Waals surface area contributed by atoms with Gasteiger partial charge in [-0.2, -0.15) is 5.26 Å². The number of rotatable bonds is 6. The van der Waals surface area contributed by atoms with Crippen molar-refractivity contribution >= 4 is 23.6 Å². The summed E-state index contributed by atoms with van der Waals surface area (Å²) in [6, 6.07) is 18.2. The van der Waals surface area contributed by atoms with Gasteiger partial charge in [-0.3, -0.25) is 4.79 Å². The SMILES string of the molecule is COc1ccccc1NC(=O)/C(C#N)=C/c1ccc(-c2cccc(C(=O)O)c2)o1. The van der Waals surface area contributed by atoms with Crippen LogP contribution in [0.4, 0.5) is 5.69 Å². The van der Waals surface area contributed by atoms with Crippen LogP contribution in [0.25, 0.3) is 17.4 Å². The summed E-state index contributed by atoms with van der Waals surface area (Å²) in [5.74, 6) is -0.480. The van der Waals surface area contributed by atoms with Crippen molar-refractivity contribution < 1.29 is 23.8 Å². The molecule has 1 aromatic heterocycles. The maximum atomic E-state index is 12.4. The smallest absolute Gasteiger partial charge is 0.335 e. The number of nitriles is 1. The quantitative estimate of drug-likeness (QED) is 0.483. The van der Waals surface area contributed by atoms with Crippen LogP contribution in [0.2, 0.25) is 0 Å². The molecule has 0 atom stereocenters. The van der Waals surface area contributed by atoms with Gasteiger partial charge in [0, 0.05) is 11.6 Å². The Hall–Kier alpha value is -4.31. The third-order valence-electron chi connectivity index (χ3n) is 4.03. The van der Waals surface area contributed by atoms with Crippen LogP contribution in [-0.2, 0) is 4.79 Å². The van der Waals surface area contributed by atoms with Crippen LogP contribution in [0.3, 0.4) is 0 Å². The van der Waals surface area contributed by atoms with E-state index in [1.54, 1.807) is 48.5 Å². The number of para-hydroxylation sites is 2. The fourth-order valence-electron chi connectivity index (χ4n) is 2.62. The molecule has 3 rings (SSSR count). The fourth-order valence-corrected chi connectivity index (χ4v) is 2.62. The maximum Gasteiger partial charge on any atom is 0.335 e. The molecule has 0 bridgehead atoms. The van der Waals surface area contributed by atoms with Crippen molar-refractivity contribution in [2.45, 2.75) is 0 Å². The van der Waals surface area contributed by atoms with Crippen molar-refractivity contribution in [1.82, 2.24) is 0 Å². The standard InChI is InChI=1S/C22H16N2O5/c1-28-20-8-3-2-7-18(20)24-21(25)16(13-23)12-17-9-10-19(29-17)14-5-4-6-15(11-14)22(26)27/h2-12H,1H3,(H,24,25)(H,26,27)/b16-12+. The molecule has 1 amide bonds. The molecular formula is C22H16N2O5. The number of hydrogen-bond donors (Lipinski definition) is 2. The number of benzene rings is 2. The number of nitrogens with zero attached hydrogens (tertiary/aromatic N) is 1. The third kappa shape index (κ3) is 4.51. The van der Waals surface area contributed by atoms with Gasteiger partial charge in [0.1, 0.15) is 28.9 Å². The van der Waals surface area contributed by atoms with E-state index in [9.17, 15) is 14.9 Å². The number of aromatic carboxylic acids is 1. The molecule has 144 valence electrons. The highest BCUT2D eigenvalue weighted by molar-refractivity contribution is 6.10. The van der Waals surface area contributed by atoms with Crippen LogP contribution in [0.5, 0.6) is 5.75 Å². The molecule has 0 aliphatic rings. The van der Waals surface area contributed by atoms with Crippen molar-refractivity contribution in [2.75, 3.05) is 12.4 Å². The molecule has 0 fully saturated rings. The van der Waals surface area contributed by atoms with Crippen molar-refractivity contribution in [1.29, 1.82) is 5.26 Å². The second-order valence-corrected chi connectivity index (χ2v) is 5.91. The Balaban J connectivity index is 1.83. The predicted octanol–water partition coefficient (Wildman–Crippen LogP) is 4.20. The summed E-state index contributed by atoms with van der Waals surface area (Å²) >= 11 is 0. The van der Waals surface area contributed by atoms with Gasteiger partial charge in [0.15, 0.2) is 0 Å². The highest BCUT2D eigenvalue weighted by Crippen LogP contribution is 2.26. The summed E-state index contributed by atoms with van der Waals surface area (Å²) in [4.78, 5) is 23.6. The Morgan fingerprint density at radius 3 is 2.66 bits per heavy atom. The second kappa shape index (κ2) is 8.59. The third-order valence-corrected chi connectivity index (χ3v) is 4.03. The maximum absolute atomic E-state index is 12.4. The first-order valence-corrected chi connectivity index (χ1v) is 8.51. The van der Waals surface area contributed by atoms with E-state index in [1.165, 1.54) is 25.3 Å². The molecule has 0 unspecified atom stereocenters. The van der Waals surface area contributed by atoms with E-state index in [1.807, 2.05) is 6.07 Å². The molecule has 0 saturated heterocycles. The monoisotopic (exact) mass is 388 g/mol. The molecule has 2 aromatic carbocycles. The highest BCUT2D eigenvalue weighted by atomic mass is 16.5. The van der Waals surface area contributed by atoms with Crippen LogP contribution in [0.15, 0.2) is 70.7 Å². The van der Waals surface area contributed by atoms with Gasteiger partial charge in [-0.25, -0.2) is 4.79 Å². The highest BCUT2D eigenvalue weighted by Gasteiger charge is 2.14. The van der Waals surface area contributed by atoms with E-state index in [4.69, 9.17) is 14.3 Å². The van der Waals surface area contributed by atoms with Crippen LogP contribution < -0.4 is 10.1 Å². The van der Waals surface area contributed by atoms with Crippen LogP contribution in [-0.4, -0.2) is 24.1 Å². The second-order valence-electron chi connectivity index (χ2n) is 5.91. The number of carbonyl (C=O) groups is 2. The lowest BCUT2D eigenvalue weighted by molar-refractivity contribution is -0.112. The number of carboxylic acid groups (broad SMARTS) is 1. The number of carboxylic acids is 1. The van der Waals surface area contributed by atoms with Crippen LogP contribution in [0.1, 0.15) is 16.1 Å². The minimum absolute atomic E-state index is 0.130. The zero-order chi connectivity index (χ0) is 20.8. The van der Waals surface area contributed by atoms with Gasteiger partial charge in [-0.05, 0) is 36.4 Å². The summed E-state index contributed by atoms with van der Waals surface area (Å²) in [6.45, 7) is 0. The van der Waals surface area contributed by atoms with E-state index in [0.717, 1.165) is 0 Å². The molecule has 0 spiro atoms. The predicted molar refractivity (Wildman–Crippen MR) is 106 cm³/mol. The number of amides is 1. The Kier molecular flexibility index (Phi) is 5.76. The number of methoxy groups -OCH3 is 1. The molecule has 0 aliphatic heterocycles. The average molecular weight is 388 g/mol. The number of anilines is 1. The van der Waals surface area contributed by atoms with Gasteiger partial charge in [0.05, 0.1) is 18.4 Å². The molecule has 0 radical (unpaired) electrons. The van der Waals surface area contributed by atoms with Gasteiger partial charge in [0.25, 0.3) is 5.91 Å². The van der Waals surface area contributed by atoms with Gasteiger partial charge in [0.2, 0.25) is 0 Å². The van der Waals surface area contributed by atoms with Gasteiger partial charge >= 0.3 is 5.97 Å². The Bertz CT molecular complexity index is 1140. The number of hydrogen-bond acceptors (Lipinski definition) is 5. The van der Waals surface area contributed by atoms with E-state index in [-0.39, 0.29) is 16.9 Å². The Morgan fingerprint density at radius 1 is 1.14 bits per heavy atom. The van der Waals surface area contributed by atoms with E-state index >= 15 is 0 Å². The number of ether oxygens (including phenoxy) is 1. The summed E-state index contributed by atoms with van der Waals surface area (Å²) in [5.41, 5.74) is 0.981. The van der Waals surface area contributed by atoms with Gasteiger partial charge < -0.3 is 19.6 Å². The lowest BCUT2D eigenvalue weighted by atomic mass is 10.1. The molecule has 0 saturated carbocycles. The Morgan fingerprint density at radius 2 is 1.93 bits per heavy atom. The van der Waals surface area contributed by atoms with E-state index in [0.29, 0.717) is 22.8 Å². The van der Waals surface area contributed by atoms with Gasteiger partial charge in [-0.15, -0.1) is 0 Å². The molecule has 2 N–H and O–H groups in total. The number of furan rings is 1. The number of carbonyl (C=O) groups excluding carboxylic acids is 1. The fraction of sp³-hybridized carbons (Fsp3) is 0.0455. The van der Waals surface area contributed by atoms with Crippen LogP contribution in [0, 0.1) is 11.3 Å². The molecule has 7 heteroatoms. The molecule has 1 heterocycles. The topological polar surface area (TPSA) is 113 Å². The lowest BCUT2D eigenvalue weighted by Crippen LogP contribution is -2.14. The molecule has 29 heavy (non-hydrogen) atoms. The zero-order valence-corrected chi connectivity index (χ0v) is 15.4. The summed E-state index contributed by atoms with van der Waals surface area (Å²) < 4.78 is 10.8. The average Bonchev–Trinajstić information content (AvgIpc) is 3.21. The van der Waals surface area contributed by atoms with E-state index in [2.05, 4.69) is 5.32 Å². The summed E-state index contributed by atoms with van der Waals surface area (Å²) in [7, 11) is 1.48. The molecule has 7 nitrogen and oxygen atoms in total. The molecule has 0 aliphatic carbocycles. The normalized spacial score (nSPS) is 10.8. The summed E-state index contributed by atoms with van der Waals surface area (Å²) in [6.07, 6.45) is 1.31. The van der Waals surface area contributed by atoms with Crippen molar-refractivity contribution in [3.63, 3.8) is 0 Å². The lowest BCUT2D eigenvalue weighted by Gasteiger charge is -2.08. The first kappa shape index (κ1) is 19.5.